The van der Waals surface area contributed by atoms with E-state index < -0.39 is 21.8 Å². The summed E-state index contributed by atoms with van der Waals surface area (Å²) in [5.74, 6) is 0. The summed E-state index contributed by atoms with van der Waals surface area (Å²) in [4.78, 5) is 0. The van der Waals surface area contributed by atoms with E-state index in [0.717, 1.165) is 0 Å². The van der Waals surface area contributed by atoms with Crippen LogP contribution in [0.5, 0.6) is 0 Å². The zero-order chi connectivity index (χ0) is 11.2. The second kappa shape index (κ2) is 5.96. The topological polar surface area (TPSA) is 0 Å². The normalized spacial score (nSPS) is 10.3. The van der Waals surface area contributed by atoms with Crippen LogP contribution in [-0.4, -0.2) is 21.8 Å². The molecule has 0 atom stereocenters. The van der Waals surface area contributed by atoms with Crippen molar-refractivity contribution in [2.75, 3.05) is 0 Å². The van der Waals surface area contributed by atoms with Gasteiger partial charge in [-0.2, -0.15) is 0 Å². The molecule has 0 amide bonds. The van der Waals surface area contributed by atoms with Gasteiger partial charge in [0, 0.05) is 0 Å². The third-order valence-corrected chi connectivity index (χ3v) is 12.0. The van der Waals surface area contributed by atoms with Crippen molar-refractivity contribution >= 4 is 28.3 Å². The fourth-order valence-electron chi connectivity index (χ4n) is 1.70. The SMILES string of the molecule is C=C[CH2][Bi]([c]1ccccc1)[c]1ccccc1. The van der Waals surface area contributed by atoms with Crippen molar-refractivity contribution in [3.05, 3.63) is 73.3 Å². The van der Waals surface area contributed by atoms with Crippen LogP contribution in [0.1, 0.15) is 0 Å². The van der Waals surface area contributed by atoms with Gasteiger partial charge in [-0.1, -0.05) is 0 Å². The van der Waals surface area contributed by atoms with Gasteiger partial charge in [-0.25, -0.2) is 0 Å². The van der Waals surface area contributed by atoms with Crippen LogP contribution in [0.25, 0.3) is 0 Å². The Kier molecular flexibility index (Phi) is 4.30. The molecule has 2 rings (SSSR count). The fourth-order valence-corrected chi connectivity index (χ4v) is 9.64. The molecule has 1 heteroatoms. The van der Waals surface area contributed by atoms with E-state index in [9.17, 15) is 0 Å². The number of hydrogen-bond donors (Lipinski definition) is 0. The predicted octanol–water partition coefficient (Wildman–Crippen LogP) is 2.48. The van der Waals surface area contributed by atoms with E-state index in [2.05, 4.69) is 73.3 Å². The molecule has 0 unspecified atom stereocenters. The molecule has 2 aromatic rings. The third-order valence-electron chi connectivity index (χ3n) is 2.45. The van der Waals surface area contributed by atoms with Gasteiger partial charge < -0.3 is 0 Å². The van der Waals surface area contributed by atoms with E-state index in [1.165, 1.54) is 4.13 Å². The van der Waals surface area contributed by atoms with Crippen molar-refractivity contribution in [1.29, 1.82) is 0 Å². The Morgan fingerprint density at radius 3 is 1.62 bits per heavy atom. The Morgan fingerprint density at radius 2 is 1.25 bits per heavy atom. The summed E-state index contributed by atoms with van der Waals surface area (Å²) in [7, 11) is 0. The first-order valence-corrected chi connectivity index (χ1v) is 11.3. The van der Waals surface area contributed by atoms with E-state index in [1.807, 2.05) is 0 Å². The van der Waals surface area contributed by atoms with Gasteiger partial charge in [-0.05, 0) is 0 Å². The molecule has 0 heterocycles. The van der Waals surface area contributed by atoms with Crippen molar-refractivity contribution in [3.8, 4) is 0 Å². The Balaban J connectivity index is 2.35. The molecule has 0 aliphatic carbocycles. The molecule has 0 nitrogen and oxygen atoms in total. The molecule has 0 saturated heterocycles. The third kappa shape index (κ3) is 2.80. The molecule has 0 aliphatic rings. The molecule has 0 bridgehead atoms. The maximum atomic E-state index is 3.90. The Hall–Kier alpha value is -0.937. The summed E-state index contributed by atoms with van der Waals surface area (Å²) in [6.07, 6.45) is 2.08. The second-order valence-electron chi connectivity index (χ2n) is 3.57. The van der Waals surface area contributed by atoms with Crippen molar-refractivity contribution in [1.82, 2.24) is 0 Å². The summed E-state index contributed by atoms with van der Waals surface area (Å²) in [5, 5.41) is 0. The van der Waals surface area contributed by atoms with Gasteiger partial charge in [0.15, 0.2) is 0 Å². The van der Waals surface area contributed by atoms with E-state index >= 15 is 0 Å². The summed E-state index contributed by atoms with van der Waals surface area (Å²) >= 11 is -1.77. The first kappa shape index (κ1) is 11.5. The van der Waals surface area contributed by atoms with E-state index in [0.29, 0.717) is 0 Å². The monoisotopic (exact) mass is 404 g/mol. The van der Waals surface area contributed by atoms with Crippen LogP contribution in [0, 0.1) is 0 Å². The molecule has 80 valence electrons. The zero-order valence-electron chi connectivity index (χ0n) is 9.21. The van der Waals surface area contributed by atoms with Crippen LogP contribution in [0.2, 0.25) is 4.13 Å². The summed E-state index contributed by atoms with van der Waals surface area (Å²) < 4.78 is 4.30. The minimum absolute atomic E-state index is 1.18. The standard InChI is InChI=1S/2C6H5.C3H5.Bi/c2*1-2-4-6-5-3-1;1-3-2;/h2*1-5H;3H,1-2H2;. The molecule has 0 fully saturated rings. The molecular formula is C15H15Bi. The van der Waals surface area contributed by atoms with E-state index in [-0.39, 0.29) is 0 Å². The van der Waals surface area contributed by atoms with Crippen molar-refractivity contribution < 1.29 is 0 Å². The Morgan fingerprint density at radius 1 is 0.812 bits per heavy atom. The van der Waals surface area contributed by atoms with Gasteiger partial charge in [0.2, 0.25) is 0 Å². The average molecular weight is 404 g/mol. The van der Waals surface area contributed by atoms with Crippen molar-refractivity contribution in [2.24, 2.45) is 0 Å². The molecule has 0 radical (unpaired) electrons. The summed E-state index contributed by atoms with van der Waals surface area (Å²) in [6, 6.07) is 21.8. The molecular weight excluding hydrogens is 389 g/mol. The van der Waals surface area contributed by atoms with Crippen LogP contribution in [0.4, 0.5) is 0 Å². The maximum absolute atomic E-state index is 3.90. The van der Waals surface area contributed by atoms with Gasteiger partial charge in [0.1, 0.15) is 0 Å². The number of hydrogen-bond acceptors (Lipinski definition) is 0. The number of allylic oxidation sites excluding steroid dienone is 1. The van der Waals surface area contributed by atoms with Gasteiger partial charge >= 0.3 is 106 Å². The summed E-state index contributed by atoms with van der Waals surface area (Å²) in [6.45, 7) is 3.90. The zero-order valence-corrected chi connectivity index (χ0v) is 12.7. The first-order valence-electron chi connectivity index (χ1n) is 5.40. The molecule has 0 aliphatic heterocycles. The van der Waals surface area contributed by atoms with Crippen LogP contribution in [-0.2, 0) is 0 Å². The fraction of sp³-hybridized carbons (Fsp3) is 0.0667. The van der Waals surface area contributed by atoms with E-state index in [1.54, 1.807) is 6.54 Å². The van der Waals surface area contributed by atoms with Gasteiger partial charge in [0.25, 0.3) is 0 Å². The second-order valence-corrected chi connectivity index (χ2v) is 12.3. The first-order chi connectivity index (χ1) is 7.92. The van der Waals surface area contributed by atoms with Gasteiger partial charge in [-0.3, -0.25) is 0 Å². The number of benzene rings is 2. The molecule has 0 N–H and O–H groups in total. The van der Waals surface area contributed by atoms with Crippen molar-refractivity contribution in [3.63, 3.8) is 0 Å². The van der Waals surface area contributed by atoms with E-state index in [4.69, 9.17) is 0 Å². The average Bonchev–Trinajstić information content (AvgIpc) is 2.38. The Labute approximate surface area is 105 Å². The van der Waals surface area contributed by atoms with Crippen LogP contribution in [0.15, 0.2) is 73.3 Å². The number of rotatable bonds is 4. The molecule has 2 aromatic carbocycles. The minimum atomic E-state index is -1.77. The molecule has 0 saturated carbocycles. The molecule has 0 spiro atoms. The van der Waals surface area contributed by atoms with Gasteiger partial charge in [-0.15, -0.1) is 0 Å². The summed E-state index contributed by atoms with van der Waals surface area (Å²) in [5.41, 5.74) is 0. The predicted molar refractivity (Wildman–Crippen MR) is 72.9 cm³/mol. The van der Waals surface area contributed by atoms with Crippen LogP contribution >= 0.6 is 0 Å². The quantitative estimate of drug-likeness (QED) is 0.543. The Bertz CT molecular complexity index is 394. The molecule has 16 heavy (non-hydrogen) atoms. The van der Waals surface area contributed by atoms with Crippen LogP contribution < -0.4 is 6.54 Å². The van der Waals surface area contributed by atoms with Crippen LogP contribution in [0.3, 0.4) is 0 Å². The van der Waals surface area contributed by atoms with Gasteiger partial charge in [0.05, 0.1) is 0 Å². The van der Waals surface area contributed by atoms with Crippen molar-refractivity contribution in [2.45, 2.75) is 4.13 Å². The molecule has 0 aromatic heterocycles.